The number of ether oxygens (including phenoxy) is 20. The zero-order valence-electron chi connectivity index (χ0n) is 53.7. The molecule has 0 aromatic rings. The molecule has 93 heavy (non-hydrogen) atoms. The molecule has 4 fully saturated rings. The van der Waals surface area contributed by atoms with E-state index in [-0.39, 0.29) is 11.7 Å². The lowest BCUT2D eigenvalue weighted by Gasteiger charge is -2.51. The monoisotopic (exact) mass is 1360 g/mol. The zero-order chi connectivity index (χ0) is 69.6. The summed E-state index contributed by atoms with van der Waals surface area (Å²) in [6, 6.07) is -1.92. The first-order chi connectivity index (χ1) is 43.6. The highest BCUT2D eigenvalue weighted by Crippen LogP contribution is 2.40. The minimum atomic E-state index is -2.16. The second-order valence-corrected chi connectivity index (χ2v) is 22.5. The van der Waals surface area contributed by atoms with Crippen LogP contribution in [0.2, 0.25) is 0 Å². The van der Waals surface area contributed by atoms with Gasteiger partial charge in [-0.3, -0.25) is 67.1 Å². The van der Waals surface area contributed by atoms with E-state index in [0.29, 0.717) is 25.0 Å². The predicted octanol–water partition coefficient (Wildman–Crippen LogP) is -0.281. The normalized spacial score (nSPS) is 30.6. The van der Waals surface area contributed by atoms with Crippen LogP contribution in [0.3, 0.4) is 0 Å². The lowest BCUT2D eigenvalue weighted by Crippen LogP contribution is -2.71. The SMILES string of the molecule is CC(=O)N[C@H]1[C@H](O[C@H]2[C@@H](OC(C)=O)[C@@H](COC(C)=O)O[C@@H](O[C@H]3[C@H](OC(C)=O)[C@@H](OC(C)=O)[C@H](OCCCCCSC(C)=O)O[C@@H]3COC(C)=O)[C@@H]2OC(C)=O)O[C@H](COC(C)=O)[C@@H](O[C@@H]2O[C@H](COC(C)=O)[C@H](OC(C)=O)[C@H](OC(C)=O)[C@H]2OC(C)=O)[C@@H]1OC(C)=O. The highest BCUT2D eigenvalue weighted by Gasteiger charge is 2.61. The fourth-order valence-corrected chi connectivity index (χ4v) is 10.7. The van der Waals surface area contributed by atoms with E-state index in [1.807, 2.05) is 0 Å². The van der Waals surface area contributed by atoms with Crippen LogP contribution in [0.1, 0.15) is 116 Å². The minimum Gasteiger partial charge on any atom is -0.463 e. The molecule has 0 aromatic carbocycles. The standard InChI is InChI=1S/C57H81NO34S/c1-24(59)58-42-47(80-31(8)66)43(90-56-52(84-35(12)70)48(81-32(9)67)44(78-29(6)64)39(88-56)21-75-26(3)61)38(20-74-25(2)60)86-54(42)92-50-45(79-30(7)65)40(22-76-27(4)62)89-57(53(50)85-36(13)71)91-46-41(23-77-28(5)63)87-55(73-18-16-15-17-19-93-37(14)72)51(83-34(11)69)49(46)82-33(10)68/h38-57H,15-23H2,1-14H3,(H,58,59)/t38-,39-,40-,41-,42-,43-,44+,45+,46-,47-,48+,49+,50+,51-,52-,53-,54+,55-,56+,57+/m1/s1. The van der Waals surface area contributed by atoms with Crippen molar-refractivity contribution < 1.29 is 162 Å². The van der Waals surface area contributed by atoms with Gasteiger partial charge in [-0.25, -0.2) is 0 Å². The van der Waals surface area contributed by atoms with Gasteiger partial charge in [0.2, 0.25) is 5.91 Å². The molecule has 0 saturated carbocycles. The maximum Gasteiger partial charge on any atom is 0.303 e. The largest absolute Gasteiger partial charge is 0.463 e. The van der Waals surface area contributed by atoms with Gasteiger partial charge in [0.1, 0.15) is 75.2 Å². The lowest BCUT2D eigenvalue weighted by atomic mass is 9.93. The van der Waals surface area contributed by atoms with Crippen LogP contribution in [-0.2, 0) is 162 Å². The first-order valence-electron chi connectivity index (χ1n) is 29.2. The number of thioether (sulfide) groups is 1. The number of esters is 12. The zero-order valence-corrected chi connectivity index (χ0v) is 54.5. The Balaban J connectivity index is 2.00. The van der Waals surface area contributed by atoms with E-state index in [2.05, 4.69) is 5.32 Å². The molecule has 0 unspecified atom stereocenters. The molecule has 0 aromatic heterocycles. The van der Waals surface area contributed by atoms with Gasteiger partial charge < -0.3 is 100 Å². The summed E-state index contributed by atoms with van der Waals surface area (Å²) in [6.45, 7) is 10.9. The molecule has 4 rings (SSSR count). The average Bonchev–Trinajstić information content (AvgIpc) is 0.773. The number of amides is 1. The third kappa shape index (κ3) is 25.6. The molecule has 0 radical (unpaired) electrons. The van der Waals surface area contributed by atoms with Gasteiger partial charge in [-0.2, -0.15) is 0 Å². The van der Waals surface area contributed by atoms with Crippen molar-refractivity contribution in [3.05, 3.63) is 0 Å². The van der Waals surface area contributed by atoms with Crippen LogP contribution in [0.25, 0.3) is 0 Å². The van der Waals surface area contributed by atoms with E-state index in [9.17, 15) is 67.1 Å². The van der Waals surface area contributed by atoms with Gasteiger partial charge in [0.25, 0.3) is 0 Å². The van der Waals surface area contributed by atoms with Gasteiger partial charge in [-0.1, -0.05) is 18.2 Å². The van der Waals surface area contributed by atoms with Crippen LogP contribution in [0, 0.1) is 0 Å². The molecule has 4 aliphatic heterocycles. The molecule has 36 heteroatoms. The Hall–Kier alpha value is -7.19. The summed E-state index contributed by atoms with van der Waals surface area (Å²) in [5.74, 6) is -12.4. The van der Waals surface area contributed by atoms with Crippen molar-refractivity contribution in [3.8, 4) is 0 Å². The summed E-state index contributed by atoms with van der Waals surface area (Å²) < 4.78 is 118. The number of hydrogen-bond donors (Lipinski definition) is 1. The smallest absolute Gasteiger partial charge is 0.303 e. The molecule has 4 heterocycles. The maximum absolute atomic E-state index is 13.5. The van der Waals surface area contributed by atoms with E-state index >= 15 is 0 Å². The predicted molar refractivity (Wildman–Crippen MR) is 301 cm³/mol. The third-order valence-electron chi connectivity index (χ3n) is 13.3. The van der Waals surface area contributed by atoms with Crippen LogP contribution in [-0.4, -0.2) is 244 Å². The molecule has 0 bridgehead atoms. The summed E-state index contributed by atoms with van der Waals surface area (Å²) in [4.78, 5) is 180. The van der Waals surface area contributed by atoms with Crippen LogP contribution in [0.15, 0.2) is 0 Å². The van der Waals surface area contributed by atoms with Crippen molar-refractivity contribution in [2.45, 2.75) is 239 Å². The van der Waals surface area contributed by atoms with Crippen molar-refractivity contribution in [1.29, 1.82) is 0 Å². The summed E-state index contributed by atoms with van der Waals surface area (Å²) in [7, 11) is 0. The molecule has 0 aliphatic carbocycles. The number of nitrogens with one attached hydrogen (secondary N) is 1. The summed E-state index contributed by atoms with van der Waals surface area (Å²) in [6.07, 6.45) is -34.3. The maximum atomic E-state index is 13.5. The van der Waals surface area contributed by atoms with E-state index in [1.54, 1.807) is 0 Å². The first-order valence-corrected chi connectivity index (χ1v) is 30.2. The van der Waals surface area contributed by atoms with Crippen molar-refractivity contribution >= 4 is 94.4 Å². The Morgan fingerprint density at radius 2 is 0.613 bits per heavy atom. The van der Waals surface area contributed by atoms with Crippen LogP contribution in [0.4, 0.5) is 0 Å². The van der Waals surface area contributed by atoms with Gasteiger partial charge in [0.15, 0.2) is 79.1 Å². The minimum absolute atomic E-state index is 0.0635. The quantitative estimate of drug-likeness (QED) is 0.0549. The lowest BCUT2D eigenvalue weighted by molar-refractivity contribution is -0.382. The molecule has 4 saturated heterocycles. The van der Waals surface area contributed by atoms with Gasteiger partial charge in [-0.15, -0.1) is 0 Å². The third-order valence-corrected chi connectivity index (χ3v) is 14.2. The average molecular weight is 1360 g/mol. The Morgan fingerprint density at radius 1 is 0.312 bits per heavy atom. The Bertz CT molecular complexity index is 2650. The Morgan fingerprint density at radius 3 is 1.00 bits per heavy atom. The summed E-state index contributed by atoms with van der Waals surface area (Å²) >= 11 is 1.13. The van der Waals surface area contributed by atoms with Gasteiger partial charge in [0.05, 0.1) is 0 Å². The number of unbranched alkanes of at least 4 members (excludes halogenated alkanes) is 2. The Kier molecular flexibility index (Phi) is 31.7. The van der Waals surface area contributed by atoms with E-state index in [0.717, 1.165) is 102 Å². The van der Waals surface area contributed by atoms with Crippen molar-refractivity contribution in [1.82, 2.24) is 5.32 Å². The fraction of sp³-hybridized carbons (Fsp3) is 0.754. The van der Waals surface area contributed by atoms with Gasteiger partial charge in [0, 0.05) is 109 Å². The highest BCUT2D eigenvalue weighted by atomic mass is 32.2. The molecule has 0 spiro atoms. The van der Waals surface area contributed by atoms with Crippen LogP contribution < -0.4 is 5.32 Å². The first kappa shape index (κ1) is 78.3. The molecule has 35 nitrogen and oxygen atoms in total. The van der Waals surface area contributed by atoms with Gasteiger partial charge in [-0.05, 0) is 12.8 Å². The number of carbonyl (C=O) groups is 14. The molecule has 1 N–H and O–H groups in total. The molecular weight excluding hydrogens is 1270 g/mol. The topological polar surface area (TPSA) is 436 Å². The number of carbonyl (C=O) groups excluding carboxylic acids is 14. The molecule has 524 valence electrons. The van der Waals surface area contributed by atoms with Gasteiger partial charge >= 0.3 is 71.6 Å². The summed E-state index contributed by atoms with van der Waals surface area (Å²) in [5.41, 5.74) is 0. The number of rotatable bonds is 30. The molecule has 1 amide bonds. The van der Waals surface area contributed by atoms with Crippen molar-refractivity contribution in [2.75, 3.05) is 38.8 Å². The van der Waals surface area contributed by atoms with Crippen LogP contribution >= 0.6 is 11.8 Å². The molecule has 4 aliphatic rings. The second-order valence-electron chi connectivity index (χ2n) is 21.3. The second kappa shape index (κ2) is 37.6. The molecular formula is C57H81NO34S. The molecule has 20 atom stereocenters. The van der Waals surface area contributed by atoms with Crippen LogP contribution in [0.5, 0.6) is 0 Å². The van der Waals surface area contributed by atoms with Crippen molar-refractivity contribution in [2.24, 2.45) is 0 Å². The van der Waals surface area contributed by atoms with E-state index in [1.165, 1.54) is 6.92 Å². The van der Waals surface area contributed by atoms with E-state index < -0.39 is 227 Å². The number of hydrogen-bond acceptors (Lipinski definition) is 35. The fourth-order valence-electron chi connectivity index (χ4n) is 10.1. The van der Waals surface area contributed by atoms with Crippen molar-refractivity contribution in [3.63, 3.8) is 0 Å². The summed E-state index contributed by atoms with van der Waals surface area (Å²) in [5, 5.41) is 2.47. The highest BCUT2D eigenvalue weighted by molar-refractivity contribution is 8.13. The Labute approximate surface area is 537 Å². The van der Waals surface area contributed by atoms with E-state index in [4.69, 9.17) is 94.7 Å².